The van der Waals surface area contributed by atoms with Gasteiger partial charge in [0.05, 0.1) is 17.0 Å². The molecule has 2 aromatic heterocycles. The predicted octanol–water partition coefficient (Wildman–Crippen LogP) is 2.30. The smallest absolute Gasteiger partial charge is 0.298 e. The number of oxazole rings is 1. The first-order valence-corrected chi connectivity index (χ1v) is 7.06. The fourth-order valence-corrected chi connectivity index (χ4v) is 2.52. The second-order valence-electron chi connectivity index (χ2n) is 5.05. The molecule has 118 valence electrons. The van der Waals surface area contributed by atoms with E-state index in [-0.39, 0.29) is 11.2 Å². The molecule has 2 heterocycles. The van der Waals surface area contributed by atoms with Crippen molar-refractivity contribution in [3.63, 3.8) is 0 Å². The molecule has 0 spiro atoms. The number of benzene rings is 2. The van der Waals surface area contributed by atoms with Crippen LogP contribution in [0.4, 0.5) is 5.69 Å². The number of hydrogen-bond donors (Lipinski definition) is 0. The molecule has 4 aromatic rings. The first kappa shape index (κ1) is 14.0. The average molecular weight is 322 g/mol. The van der Waals surface area contributed by atoms with Crippen molar-refractivity contribution in [1.82, 2.24) is 25.2 Å². The maximum absolute atomic E-state index is 11.1. The van der Waals surface area contributed by atoms with E-state index in [0.29, 0.717) is 17.9 Å². The van der Waals surface area contributed by atoms with E-state index < -0.39 is 4.92 Å². The monoisotopic (exact) mass is 322 g/mol. The second-order valence-corrected chi connectivity index (χ2v) is 5.05. The van der Waals surface area contributed by atoms with Crippen LogP contribution >= 0.6 is 0 Å². The lowest BCUT2D eigenvalue weighted by Crippen LogP contribution is -2.01. The Kier molecular flexibility index (Phi) is 3.23. The van der Waals surface area contributed by atoms with Gasteiger partial charge in [0.2, 0.25) is 0 Å². The van der Waals surface area contributed by atoms with Crippen LogP contribution in [0.25, 0.3) is 16.8 Å². The number of tetrazole rings is 1. The number of para-hydroxylation sites is 2. The Labute approximate surface area is 134 Å². The Morgan fingerprint density at radius 1 is 1.17 bits per heavy atom. The molecule has 9 nitrogen and oxygen atoms in total. The van der Waals surface area contributed by atoms with E-state index in [2.05, 4.69) is 20.5 Å². The summed E-state index contributed by atoms with van der Waals surface area (Å²) >= 11 is 0. The minimum absolute atomic E-state index is 0.0729. The predicted molar refractivity (Wildman–Crippen MR) is 82.6 cm³/mol. The van der Waals surface area contributed by atoms with E-state index in [0.717, 1.165) is 11.3 Å². The van der Waals surface area contributed by atoms with Gasteiger partial charge in [-0.1, -0.05) is 24.3 Å². The maximum atomic E-state index is 11.1. The summed E-state index contributed by atoms with van der Waals surface area (Å²) in [6.07, 6.45) is 1.86. The lowest BCUT2D eigenvalue weighted by molar-refractivity contribution is -0.383. The molecule has 0 amide bonds. The van der Waals surface area contributed by atoms with E-state index in [1.165, 1.54) is 12.4 Å². The molecule has 2 aromatic carbocycles. The molecular formula is C15H10N6O3. The lowest BCUT2D eigenvalue weighted by Gasteiger charge is -2.05. The van der Waals surface area contributed by atoms with Gasteiger partial charge in [-0.05, 0) is 28.1 Å². The maximum Gasteiger partial charge on any atom is 0.298 e. The third kappa shape index (κ3) is 2.37. The van der Waals surface area contributed by atoms with Gasteiger partial charge in [0, 0.05) is 6.07 Å². The fourth-order valence-electron chi connectivity index (χ4n) is 2.52. The normalized spacial score (nSPS) is 11.0. The van der Waals surface area contributed by atoms with Crippen LogP contribution in [0.1, 0.15) is 11.5 Å². The van der Waals surface area contributed by atoms with Gasteiger partial charge in [-0.25, -0.2) is 9.67 Å². The van der Waals surface area contributed by atoms with E-state index >= 15 is 0 Å². The number of fused-ring (bicyclic) bond motifs is 1. The molecule has 0 unspecified atom stereocenters. The van der Waals surface area contributed by atoms with Gasteiger partial charge in [0.25, 0.3) is 5.69 Å². The molecule has 0 aliphatic heterocycles. The van der Waals surface area contributed by atoms with Gasteiger partial charge < -0.3 is 4.42 Å². The quantitative estimate of drug-likeness (QED) is 0.418. The Morgan fingerprint density at radius 3 is 2.83 bits per heavy atom. The highest BCUT2D eigenvalue weighted by atomic mass is 16.6. The van der Waals surface area contributed by atoms with Crippen LogP contribution in [-0.4, -0.2) is 30.1 Å². The summed E-state index contributed by atoms with van der Waals surface area (Å²) < 4.78 is 7.20. The van der Waals surface area contributed by atoms with Gasteiger partial charge in [-0.2, -0.15) is 0 Å². The highest BCUT2D eigenvalue weighted by Gasteiger charge is 2.18. The van der Waals surface area contributed by atoms with E-state index in [4.69, 9.17) is 4.42 Å². The van der Waals surface area contributed by atoms with Crippen LogP contribution < -0.4 is 0 Å². The zero-order valence-electron chi connectivity index (χ0n) is 12.2. The molecule has 0 aliphatic rings. The molecule has 0 N–H and O–H groups in total. The zero-order chi connectivity index (χ0) is 16.5. The molecule has 24 heavy (non-hydrogen) atoms. The molecule has 0 atom stereocenters. The molecular weight excluding hydrogens is 312 g/mol. The zero-order valence-corrected chi connectivity index (χ0v) is 12.2. The van der Waals surface area contributed by atoms with Gasteiger partial charge in [-0.15, -0.1) is 5.10 Å². The van der Waals surface area contributed by atoms with Gasteiger partial charge in [0.1, 0.15) is 6.33 Å². The van der Waals surface area contributed by atoms with Gasteiger partial charge in [-0.3, -0.25) is 10.1 Å². The van der Waals surface area contributed by atoms with E-state index in [1.54, 1.807) is 16.8 Å². The third-order valence-corrected chi connectivity index (χ3v) is 3.57. The van der Waals surface area contributed by atoms with Crippen LogP contribution in [0.5, 0.6) is 0 Å². The number of rotatable bonds is 4. The van der Waals surface area contributed by atoms with Crippen LogP contribution in [0.3, 0.4) is 0 Å². The van der Waals surface area contributed by atoms with Crippen molar-refractivity contribution in [2.75, 3.05) is 0 Å². The van der Waals surface area contributed by atoms with Crippen LogP contribution in [0, 0.1) is 10.1 Å². The standard InChI is InChI=1S/C15H10N6O3/c22-21(23)12-6-3-7-13-15(12)17-14(24-13)8-10-4-1-2-5-11(10)20-9-16-18-19-20/h1-7,9H,8H2. The SMILES string of the molecule is O=[N+]([O-])c1cccc2oc(Cc3ccccc3-n3cnnn3)nc12. The van der Waals surface area contributed by atoms with Gasteiger partial charge in [0.15, 0.2) is 17.0 Å². The Balaban J connectivity index is 1.76. The van der Waals surface area contributed by atoms with Crippen molar-refractivity contribution >= 4 is 16.8 Å². The lowest BCUT2D eigenvalue weighted by atomic mass is 10.1. The largest absolute Gasteiger partial charge is 0.440 e. The van der Waals surface area contributed by atoms with Crippen molar-refractivity contribution in [1.29, 1.82) is 0 Å². The highest BCUT2D eigenvalue weighted by molar-refractivity contribution is 5.82. The summed E-state index contributed by atoms with van der Waals surface area (Å²) in [6, 6.07) is 12.2. The number of nitro groups is 1. The average Bonchev–Trinajstić information content (AvgIpc) is 3.23. The summed E-state index contributed by atoms with van der Waals surface area (Å²) in [4.78, 5) is 14.9. The number of aromatic nitrogens is 5. The summed E-state index contributed by atoms with van der Waals surface area (Å²) in [5.41, 5.74) is 2.24. The van der Waals surface area contributed by atoms with Crippen molar-refractivity contribution in [3.8, 4) is 5.69 Å². The highest BCUT2D eigenvalue weighted by Crippen LogP contribution is 2.27. The molecule has 0 saturated carbocycles. The van der Waals surface area contributed by atoms with Gasteiger partial charge >= 0.3 is 0 Å². The first-order chi connectivity index (χ1) is 11.7. The molecule has 0 radical (unpaired) electrons. The Hall–Kier alpha value is -3.62. The third-order valence-electron chi connectivity index (χ3n) is 3.57. The molecule has 0 bridgehead atoms. The van der Waals surface area contributed by atoms with Crippen molar-refractivity contribution in [2.24, 2.45) is 0 Å². The molecule has 0 aliphatic carbocycles. The number of nitro benzene ring substituents is 1. The topological polar surface area (TPSA) is 113 Å². The summed E-state index contributed by atoms with van der Waals surface area (Å²) in [5.74, 6) is 0.389. The Morgan fingerprint density at radius 2 is 2.04 bits per heavy atom. The Bertz CT molecular complexity index is 1020. The van der Waals surface area contributed by atoms with Crippen LogP contribution in [-0.2, 0) is 6.42 Å². The molecule has 4 rings (SSSR count). The molecule has 0 saturated heterocycles. The summed E-state index contributed by atoms with van der Waals surface area (Å²) in [5, 5.41) is 22.2. The van der Waals surface area contributed by atoms with Crippen molar-refractivity contribution in [2.45, 2.75) is 6.42 Å². The second kappa shape index (κ2) is 5.54. The van der Waals surface area contributed by atoms with Crippen molar-refractivity contribution in [3.05, 3.63) is 70.4 Å². The number of non-ortho nitro benzene ring substituents is 1. The number of nitrogens with zero attached hydrogens (tertiary/aromatic N) is 6. The minimum atomic E-state index is -0.469. The molecule has 0 fully saturated rings. The summed E-state index contributed by atoms with van der Waals surface area (Å²) in [6.45, 7) is 0. The molecule has 9 heteroatoms. The minimum Gasteiger partial charge on any atom is -0.440 e. The fraction of sp³-hybridized carbons (Fsp3) is 0.0667. The van der Waals surface area contributed by atoms with Crippen molar-refractivity contribution < 1.29 is 9.34 Å². The van der Waals surface area contributed by atoms with Crippen LogP contribution in [0.15, 0.2) is 53.2 Å². The first-order valence-electron chi connectivity index (χ1n) is 7.06. The van der Waals surface area contributed by atoms with Crippen LogP contribution in [0.2, 0.25) is 0 Å². The number of hydrogen-bond acceptors (Lipinski definition) is 7. The van der Waals surface area contributed by atoms with E-state index in [9.17, 15) is 10.1 Å². The summed E-state index contributed by atoms with van der Waals surface area (Å²) in [7, 11) is 0. The van der Waals surface area contributed by atoms with E-state index in [1.807, 2.05) is 24.3 Å².